The molecule has 1 saturated heterocycles. The van der Waals surface area contributed by atoms with Crippen LogP contribution in [0.1, 0.15) is 16.7 Å². The van der Waals surface area contributed by atoms with Crippen LogP contribution >= 0.6 is 0 Å². The highest BCUT2D eigenvalue weighted by Crippen LogP contribution is 2.23. The monoisotopic (exact) mass is 331 g/mol. The van der Waals surface area contributed by atoms with Gasteiger partial charge in [-0.2, -0.15) is 0 Å². The molecule has 0 N–H and O–H groups in total. The molecule has 128 valence electrons. The van der Waals surface area contributed by atoms with E-state index in [-0.39, 0.29) is 0 Å². The normalized spacial score (nSPS) is 15.7. The molecule has 1 aliphatic heterocycles. The van der Waals surface area contributed by atoms with E-state index in [1.54, 1.807) is 0 Å². The summed E-state index contributed by atoms with van der Waals surface area (Å²) < 4.78 is 0. The van der Waals surface area contributed by atoms with Crippen LogP contribution in [0.2, 0.25) is 0 Å². The molecule has 4 rings (SSSR count). The number of hydrogen-bond donors (Lipinski definition) is 0. The van der Waals surface area contributed by atoms with Crippen LogP contribution in [0.25, 0.3) is 10.9 Å². The Morgan fingerprint density at radius 1 is 0.880 bits per heavy atom. The number of fused-ring (bicyclic) bond motifs is 1. The van der Waals surface area contributed by atoms with E-state index in [2.05, 4.69) is 78.2 Å². The Labute approximate surface area is 149 Å². The predicted molar refractivity (Wildman–Crippen MR) is 105 cm³/mol. The SMILES string of the molecule is Cc1cccc(CN2CCN(c3cc(C)c4ccccc4n3)CC2)c1. The molecule has 0 unspecified atom stereocenters. The number of anilines is 1. The fraction of sp³-hybridized carbons (Fsp3) is 0.318. The molecule has 1 fully saturated rings. The van der Waals surface area contributed by atoms with Crippen molar-refractivity contribution in [2.75, 3.05) is 31.1 Å². The molecular formula is C22H25N3. The van der Waals surface area contributed by atoms with Crippen molar-refractivity contribution in [3.05, 3.63) is 71.3 Å². The number of aryl methyl sites for hydroxylation is 2. The summed E-state index contributed by atoms with van der Waals surface area (Å²) in [4.78, 5) is 9.85. The number of rotatable bonds is 3. The van der Waals surface area contributed by atoms with Gasteiger partial charge in [-0.1, -0.05) is 48.0 Å². The van der Waals surface area contributed by atoms with Gasteiger partial charge in [0.2, 0.25) is 0 Å². The molecule has 25 heavy (non-hydrogen) atoms. The summed E-state index contributed by atoms with van der Waals surface area (Å²) in [5, 5.41) is 1.25. The first kappa shape index (κ1) is 16.1. The van der Waals surface area contributed by atoms with Crippen molar-refractivity contribution >= 4 is 16.7 Å². The van der Waals surface area contributed by atoms with Crippen molar-refractivity contribution in [1.82, 2.24) is 9.88 Å². The van der Waals surface area contributed by atoms with Gasteiger partial charge < -0.3 is 4.90 Å². The Balaban J connectivity index is 1.45. The lowest BCUT2D eigenvalue weighted by molar-refractivity contribution is 0.249. The van der Waals surface area contributed by atoms with Gasteiger partial charge in [0.05, 0.1) is 5.52 Å². The van der Waals surface area contributed by atoms with E-state index in [1.165, 1.54) is 22.1 Å². The molecule has 0 saturated carbocycles. The van der Waals surface area contributed by atoms with E-state index in [0.717, 1.165) is 44.1 Å². The average Bonchev–Trinajstić information content (AvgIpc) is 2.62. The standard InChI is InChI=1S/C22H25N3/c1-17-6-5-7-19(14-17)16-24-10-12-25(13-11-24)22-15-18(2)20-8-3-4-9-21(20)23-22/h3-9,14-15H,10-13,16H2,1-2H3. The molecule has 2 heterocycles. The number of aromatic nitrogens is 1. The lowest BCUT2D eigenvalue weighted by atomic mass is 10.1. The molecule has 1 aromatic heterocycles. The molecule has 0 radical (unpaired) electrons. The van der Waals surface area contributed by atoms with E-state index >= 15 is 0 Å². The molecule has 0 aliphatic carbocycles. The van der Waals surface area contributed by atoms with Gasteiger partial charge in [-0.05, 0) is 37.1 Å². The van der Waals surface area contributed by atoms with Crippen molar-refractivity contribution in [2.45, 2.75) is 20.4 Å². The summed E-state index contributed by atoms with van der Waals surface area (Å²) in [5.41, 5.74) is 5.16. The molecule has 0 bridgehead atoms. The van der Waals surface area contributed by atoms with Crippen LogP contribution in [-0.4, -0.2) is 36.1 Å². The Kier molecular flexibility index (Phi) is 4.41. The number of para-hydroxylation sites is 1. The first-order valence-corrected chi connectivity index (χ1v) is 9.08. The van der Waals surface area contributed by atoms with Crippen LogP contribution in [-0.2, 0) is 6.54 Å². The summed E-state index contributed by atoms with van der Waals surface area (Å²) in [7, 11) is 0. The quantitative estimate of drug-likeness (QED) is 0.718. The van der Waals surface area contributed by atoms with E-state index in [0.29, 0.717) is 0 Å². The topological polar surface area (TPSA) is 19.4 Å². The summed E-state index contributed by atoms with van der Waals surface area (Å²) in [6.07, 6.45) is 0. The van der Waals surface area contributed by atoms with Crippen LogP contribution in [0.3, 0.4) is 0 Å². The van der Waals surface area contributed by atoms with Gasteiger partial charge in [0.15, 0.2) is 0 Å². The second-order valence-corrected chi connectivity index (χ2v) is 7.07. The van der Waals surface area contributed by atoms with Crippen LogP contribution < -0.4 is 4.90 Å². The number of pyridine rings is 1. The molecule has 3 heteroatoms. The third-order valence-corrected chi connectivity index (χ3v) is 5.09. The predicted octanol–water partition coefficient (Wildman–Crippen LogP) is 4.17. The van der Waals surface area contributed by atoms with Gasteiger partial charge in [-0.25, -0.2) is 4.98 Å². The van der Waals surface area contributed by atoms with Crippen molar-refractivity contribution < 1.29 is 0 Å². The summed E-state index contributed by atoms with van der Waals surface area (Å²) in [6, 6.07) is 19.5. The zero-order chi connectivity index (χ0) is 17.2. The smallest absolute Gasteiger partial charge is 0.129 e. The van der Waals surface area contributed by atoms with Gasteiger partial charge >= 0.3 is 0 Å². The second kappa shape index (κ2) is 6.85. The summed E-state index contributed by atoms with van der Waals surface area (Å²) in [6.45, 7) is 9.63. The van der Waals surface area contributed by atoms with E-state index < -0.39 is 0 Å². The van der Waals surface area contributed by atoms with Crippen molar-refractivity contribution in [3.8, 4) is 0 Å². The molecule has 2 aromatic carbocycles. The molecular weight excluding hydrogens is 306 g/mol. The van der Waals surface area contributed by atoms with Crippen molar-refractivity contribution in [1.29, 1.82) is 0 Å². The van der Waals surface area contributed by atoms with Crippen LogP contribution in [0.15, 0.2) is 54.6 Å². The highest BCUT2D eigenvalue weighted by Gasteiger charge is 2.19. The fourth-order valence-electron chi connectivity index (χ4n) is 3.70. The Morgan fingerprint density at radius 2 is 1.68 bits per heavy atom. The second-order valence-electron chi connectivity index (χ2n) is 7.07. The summed E-state index contributed by atoms with van der Waals surface area (Å²) >= 11 is 0. The number of benzene rings is 2. The van der Waals surface area contributed by atoms with Gasteiger partial charge in [-0.15, -0.1) is 0 Å². The Bertz CT molecular complexity index is 879. The number of piperazine rings is 1. The van der Waals surface area contributed by atoms with Gasteiger partial charge in [-0.3, -0.25) is 4.90 Å². The summed E-state index contributed by atoms with van der Waals surface area (Å²) in [5.74, 6) is 1.12. The van der Waals surface area contributed by atoms with E-state index in [9.17, 15) is 0 Å². The number of nitrogens with zero attached hydrogens (tertiary/aromatic N) is 3. The highest BCUT2D eigenvalue weighted by molar-refractivity contribution is 5.83. The minimum atomic E-state index is 1.04. The minimum Gasteiger partial charge on any atom is -0.354 e. The molecule has 3 nitrogen and oxygen atoms in total. The maximum absolute atomic E-state index is 4.89. The van der Waals surface area contributed by atoms with Crippen molar-refractivity contribution in [2.24, 2.45) is 0 Å². The van der Waals surface area contributed by atoms with Gasteiger partial charge in [0.25, 0.3) is 0 Å². The highest BCUT2D eigenvalue weighted by atomic mass is 15.3. The zero-order valence-electron chi connectivity index (χ0n) is 15.1. The third kappa shape index (κ3) is 3.52. The molecule has 0 atom stereocenters. The Hall–Kier alpha value is -2.39. The lowest BCUT2D eigenvalue weighted by Crippen LogP contribution is -2.46. The zero-order valence-corrected chi connectivity index (χ0v) is 15.1. The largest absolute Gasteiger partial charge is 0.354 e. The van der Waals surface area contributed by atoms with Crippen molar-refractivity contribution in [3.63, 3.8) is 0 Å². The van der Waals surface area contributed by atoms with Crippen LogP contribution in [0.4, 0.5) is 5.82 Å². The third-order valence-electron chi connectivity index (χ3n) is 5.09. The Morgan fingerprint density at radius 3 is 2.48 bits per heavy atom. The molecule has 0 spiro atoms. The van der Waals surface area contributed by atoms with Crippen LogP contribution in [0.5, 0.6) is 0 Å². The first-order valence-electron chi connectivity index (χ1n) is 9.08. The van der Waals surface area contributed by atoms with E-state index in [4.69, 9.17) is 4.98 Å². The maximum Gasteiger partial charge on any atom is 0.129 e. The van der Waals surface area contributed by atoms with E-state index in [1.807, 2.05) is 0 Å². The maximum atomic E-state index is 4.89. The van der Waals surface area contributed by atoms with Crippen LogP contribution in [0, 0.1) is 13.8 Å². The average molecular weight is 331 g/mol. The number of hydrogen-bond acceptors (Lipinski definition) is 3. The van der Waals surface area contributed by atoms with Gasteiger partial charge in [0, 0.05) is 38.1 Å². The minimum absolute atomic E-state index is 1.04. The lowest BCUT2D eigenvalue weighted by Gasteiger charge is -2.35. The molecule has 3 aromatic rings. The molecule has 1 aliphatic rings. The first-order chi connectivity index (χ1) is 12.2. The fourth-order valence-corrected chi connectivity index (χ4v) is 3.70. The van der Waals surface area contributed by atoms with Gasteiger partial charge in [0.1, 0.15) is 5.82 Å². The molecule has 0 amide bonds.